The third-order valence-corrected chi connectivity index (χ3v) is 5.84. The lowest BCUT2D eigenvalue weighted by Gasteiger charge is -2.32. The zero-order chi connectivity index (χ0) is 18.1. The number of benzene rings is 1. The van der Waals surface area contributed by atoms with E-state index in [-0.39, 0.29) is 18.0 Å². The van der Waals surface area contributed by atoms with Crippen molar-refractivity contribution in [2.45, 2.75) is 50.6 Å². The minimum Gasteiger partial charge on any atom is -0.335 e. The highest BCUT2D eigenvalue weighted by Crippen LogP contribution is 2.31. The smallest absolute Gasteiger partial charge is 0.319 e. The summed E-state index contributed by atoms with van der Waals surface area (Å²) in [6, 6.07) is 6.09. The van der Waals surface area contributed by atoms with Crippen molar-refractivity contribution in [2.75, 3.05) is 29.9 Å². The van der Waals surface area contributed by atoms with Gasteiger partial charge in [-0.05, 0) is 50.3 Å². The normalized spacial score (nSPS) is 21.9. The standard InChI is InChI=1S/C19H25ClN4O2/c20-16-6-5-15(24-9-1-2-18(24)25)12-17(16)22-19(26)21-13-7-10-23(11-8-13)14-3-4-14/h5-6,12-14H,1-4,7-11H2,(H2,21,22,26). The van der Waals surface area contributed by atoms with Crippen molar-refractivity contribution in [2.24, 2.45) is 0 Å². The SMILES string of the molecule is O=C(Nc1cc(N2CCCC2=O)ccc1Cl)NC1CCN(C2CC2)CC1. The van der Waals surface area contributed by atoms with Crippen LogP contribution in [0.1, 0.15) is 38.5 Å². The minimum atomic E-state index is -0.235. The van der Waals surface area contributed by atoms with E-state index in [1.165, 1.54) is 12.8 Å². The number of rotatable bonds is 4. The first-order chi connectivity index (χ1) is 12.6. The molecule has 3 amide bonds. The van der Waals surface area contributed by atoms with Crippen LogP contribution in [-0.2, 0) is 4.79 Å². The van der Waals surface area contributed by atoms with Gasteiger partial charge in [0.2, 0.25) is 5.91 Å². The van der Waals surface area contributed by atoms with Crippen LogP contribution in [0.15, 0.2) is 18.2 Å². The molecule has 2 saturated heterocycles. The summed E-state index contributed by atoms with van der Waals surface area (Å²) in [5, 5.41) is 6.38. The molecular formula is C19H25ClN4O2. The number of amides is 3. The molecule has 0 aromatic heterocycles. The Morgan fingerprint density at radius 3 is 2.54 bits per heavy atom. The van der Waals surface area contributed by atoms with Gasteiger partial charge in [-0.15, -0.1) is 0 Å². The number of likely N-dealkylation sites (tertiary alicyclic amines) is 1. The Hall–Kier alpha value is -1.79. The van der Waals surface area contributed by atoms with Crippen molar-refractivity contribution in [3.05, 3.63) is 23.2 Å². The highest BCUT2D eigenvalue weighted by molar-refractivity contribution is 6.33. The van der Waals surface area contributed by atoms with Gasteiger partial charge in [0.25, 0.3) is 0 Å². The fourth-order valence-corrected chi connectivity index (χ4v) is 4.06. The van der Waals surface area contributed by atoms with Gasteiger partial charge in [-0.2, -0.15) is 0 Å². The lowest BCUT2D eigenvalue weighted by atomic mass is 10.1. The third kappa shape index (κ3) is 3.96. The second-order valence-electron chi connectivity index (χ2n) is 7.45. The van der Waals surface area contributed by atoms with Gasteiger partial charge in [0, 0.05) is 43.8 Å². The number of piperidine rings is 1. The molecule has 7 heteroatoms. The number of carbonyl (C=O) groups excluding carboxylic acids is 2. The van der Waals surface area contributed by atoms with Crippen molar-refractivity contribution in [1.82, 2.24) is 10.2 Å². The fourth-order valence-electron chi connectivity index (χ4n) is 3.89. The molecular weight excluding hydrogens is 352 g/mol. The molecule has 1 aliphatic carbocycles. The Balaban J connectivity index is 1.34. The van der Waals surface area contributed by atoms with Gasteiger partial charge < -0.3 is 20.4 Å². The van der Waals surface area contributed by atoms with Gasteiger partial charge in [-0.3, -0.25) is 4.79 Å². The highest BCUT2D eigenvalue weighted by Gasteiger charge is 2.32. The lowest BCUT2D eigenvalue weighted by Crippen LogP contribution is -2.46. The van der Waals surface area contributed by atoms with Gasteiger partial charge in [0.05, 0.1) is 10.7 Å². The van der Waals surface area contributed by atoms with Crippen LogP contribution in [0.5, 0.6) is 0 Å². The van der Waals surface area contributed by atoms with Crippen LogP contribution in [0, 0.1) is 0 Å². The number of urea groups is 1. The van der Waals surface area contributed by atoms with Gasteiger partial charge in [0.1, 0.15) is 0 Å². The number of nitrogens with one attached hydrogen (secondary N) is 2. The Labute approximate surface area is 158 Å². The van der Waals surface area contributed by atoms with Crippen molar-refractivity contribution in [3.8, 4) is 0 Å². The predicted molar refractivity (Wildman–Crippen MR) is 103 cm³/mol. The Morgan fingerprint density at radius 2 is 1.88 bits per heavy atom. The van der Waals surface area contributed by atoms with E-state index in [0.717, 1.165) is 44.1 Å². The summed E-state index contributed by atoms with van der Waals surface area (Å²) >= 11 is 6.23. The molecule has 140 valence electrons. The molecule has 0 radical (unpaired) electrons. The maximum absolute atomic E-state index is 12.4. The van der Waals surface area contributed by atoms with E-state index in [4.69, 9.17) is 11.6 Å². The summed E-state index contributed by atoms with van der Waals surface area (Å²) in [5.74, 6) is 0.116. The van der Waals surface area contributed by atoms with E-state index in [1.54, 1.807) is 17.0 Å². The Morgan fingerprint density at radius 1 is 1.12 bits per heavy atom. The zero-order valence-corrected chi connectivity index (χ0v) is 15.6. The van der Waals surface area contributed by atoms with E-state index in [0.29, 0.717) is 23.7 Å². The van der Waals surface area contributed by atoms with E-state index in [1.807, 2.05) is 6.07 Å². The summed E-state index contributed by atoms with van der Waals surface area (Å²) in [4.78, 5) is 28.6. The van der Waals surface area contributed by atoms with Crippen LogP contribution >= 0.6 is 11.6 Å². The topological polar surface area (TPSA) is 64.7 Å². The maximum Gasteiger partial charge on any atom is 0.319 e. The average molecular weight is 377 g/mol. The van der Waals surface area contributed by atoms with Crippen molar-refractivity contribution >= 4 is 34.9 Å². The number of halogens is 1. The van der Waals surface area contributed by atoms with Crippen LogP contribution in [0.3, 0.4) is 0 Å². The molecule has 0 bridgehead atoms. The summed E-state index contributed by atoms with van der Waals surface area (Å²) < 4.78 is 0. The monoisotopic (exact) mass is 376 g/mol. The molecule has 0 spiro atoms. The first-order valence-electron chi connectivity index (χ1n) is 9.51. The first-order valence-corrected chi connectivity index (χ1v) is 9.89. The predicted octanol–water partition coefficient (Wildman–Crippen LogP) is 3.22. The number of carbonyl (C=O) groups is 2. The molecule has 6 nitrogen and oxygen atoms in total. The number of anilines is 2. The quantitative estimate of drug-likeness (QED) is 0.848. The molecule has 4 rings (SSSR count). The van der Waals surface area contributed by atoms with Crippen molar-refractivity contribution < 1.29 is 9.59 Å². The van der Waals surface area contributed by atoms with Crippen molar-refractivity contribution in [1.29, 1.82) is 0 Å². The van der Waals surface area contributed by atoms with Crippen LogP contribution in [0.2, 0.25) is 5.02 Å². The molecule has 1 aromatic rings. The van der Waals surface area contributed by atoms with Crippen LogP contribution in [0.4, 0.5) is 16.2 Å². The average Bonchev–Trinajstić information content (AvgIpc) is 3.39. The van der Waals surface area contributed by atoms with Gasteiger partial charge >= 0.3 is 6.03 Å². The van der Waals surface area contributed by atoms with E-state index in [9.17, 15) is 9.59 Å². The molecule has 3 fully saturated rings. The van der Waals surface area contributed by atoms with Crippen LogP contribution < -0.4 is 15.5 Å². The van der Waals surface area contributed by atoms with Crippen LogP contribution in [0.25, 0.3) is 0 Å². The van der Waals surface area contributed by atoms with Crippen molar-refractivity contribution in [3.63, 3.8) is 0 Å². The molecule has 1 saturated carbocycles. The van der Waals surface area contributed by atoms with E-state index in [2.05, 4.69) is 15.5 Å². The fraction of sp³-hybridized carbons (Fsp3) is 0.579. The van der Waals surface area contributed by atoms with E-state index >= 15 is 0 Å². The molecule has 0 atom stereocenters. The molecule has 2 heterocycles. The zero-order valence-electron chi connectivity index (χ0n) is 14.8. The molecule has 3 aliphatic rings. The molecule has 2 aliphatic heterocycles. The summed E-state index contributed by atoms with van der Waals surface area (Å²) in [6.45, 7) is 2.83. The maximum atomic E-state index is 12.4. The molecule has 2 N–H and O–H groups in total. The van der Waals surface area contributed by atoms with Gasteiger partial charge in [0.15, 0.2) is 0 Å². The Bertz CT molecular complexity index is 699. The first kappa shape index (κ1) is 17.6. The number of nitrogens with zero attached hydrogens (tertiary/aromatic N) is 2. The highest BCUT2D eigenvalue weighted by atomic mass is 35.5. The summed E-state index contributed by atoms with van der Waals surface area (Å²) in [6.07, 6.45) is 6.06. The van der Waals surface area contributed by atoms with Gasteiger partial charge in [-0.1, -0.05) is 11.6 Å². The molecule has 0 unspecified atom stereocenters. The van der Waals surface area contributed by atoms with Gasteiger partial charge in [-0.25, -0.2) is 4.79 Å². The minimum absolute atomic E-state index is 0.116. The summed E-state index contributed by atoms with van der Waals surface area (Å²) in [5.41, 5.74) is 1.32. The summed E-state index contributed by atoms with van der Waals surface area (Å²) in [7, 11) is 0. The molecule has 1 aromatic carbocycles. The third-order valence-electron chi connectivity index (χ3n) is 5.51. The van der Waals surface area contributed by atoms with Crippen LogP contribution in [-0.4, -0.2) is 48.6 Å². The second-order valence-corrected chi connectivity index (χ2v) is 7.86. The largest absolute Gasteiger partial charge is 0.335 e. The Kier molecular flexibility index (Phi) is 5.05. The lowest BCUT2D eigenvalue weighted by molar-refractivity contribution is -0.117. The molecule has 26 heavy (non-hydrogen) atoms. The number of hydrogen-bond donors (Lipinski definition) is 2. The van der Waals surface area contributed by atoms with E-state index < -0.39 is 0 Å². The second kappa shape index (κ2) is 7.45. The number of hydrogen-bond acceptors (Lipinski definition) is 3.